The average molecular weight is 299 g/mol. The normalized spacial score (nSPS) is 13.7. The van der Waals surface area contributed by atoms with Crippen molar-refractivity contribution in [1.82, 2.24) is 14.5 Å². The summed E-state index contributed by atoms with van der Waals surface area (Å²) in [6, 6.07) is 0. The Kier molecular flexibility index (Phi) is 4.91. The first-order valence-electron chi connectivity index (χ1n) is 4.92. The standard InChI is InChI=1S/C8H11F2N3O5S/c9-8(10)6(14)2-12-19(17,18)5-1-11-13(3-5)4-7(15)16/h1,3,6,8,12,14H,2,4H2,(H,15,16). The second kappa shape index (κ2) is 6.04. The molecule has 0 radical (unpaired) electrons. The molecular weight excluding hydrogens is 288 g/mol. The lowest BCUT2D eigenvalue weighted by Crippen LogP contribution is -2.35. The zero-order valence-corrected chi connectivity index (χ0v) is 10.2. The lowest BCUT2D eigenvalue weighted by atomic mass is 10.4. The van der Waals surface area contributed by atoms with E-state index in [1.807, 2.05) is 0 Å². The monoisotopic (exact) mass is 299 g/mol. The Labute approximate surface area is 106 Å². The van der Waals surface area contributed by atoms with Crippen LogP contribution < -0.4 is 4.72 Å². The summed E-state index contributed by atoms with van der Waals surface area (Å²) >= 11 is 0. The highest BCUT2D eigenvalue weighted by Crippen LogP contribution is 2.08. The summed E-state index contributed by atoms with van der Waals surface area (Å²) in [5, 5.41) is 20.8. The first-order valence-corrected chi connectivity index (χ1v) is 6.41. The van der Waals surface area contributed by atoms with E-state index >= 15 is 0 Å². The molecule has 1 heterocycles. The summed E-state index contributed by atoms with van der Waals surface area (Å²) in [6.07, 6.45) is -3.38. The van der Waals surface area contributed by atoms with Gasteiger partial charge in [0.1, 0.15) is 17.5 Å². The summed E-state index contributed by atoms with van der Waals surface area (Å²) in [4.78, 5) is 10.00. The summed E-state index contributed by atoms with van der Waals surface area (Å²) in [7, 11) is -4.12. The second-order valence-electron chi connectivity index (χ2n) is 3.52. The number of aliphatic hydroxyl groups excluding tert-OH is 1. The fourth-order valence-electron chi connectivity index (χ4n) is 1.08. The zero-order chi connectivity index (χ0) is 14.6. The fourth-order valence-corrected chi connectivity index (χ4v) is 2.08. The third kappa shape index (κ3) is 4.54. The Hall–Kier alpha value is -1.59. The van der Waals surface area contributed by atoms with Crippen LogP contribution in [0.3, 0.4) is 0 Å². The summed E-state index contributed by atoms with van der Waals surface area (Å²) < 4.78 is 49.8. The molecule has 1 atom stereocenters. The number of nitrogens with one attached hydrogen (secondary N) is 1. The molecule has 0 aromatic carbocycles. The first kappa shape index (κ1) is 15.5. The van der Waals surface area contributed by atoms with E-state index in [1.54, 1.807) is 4.72 Å². The van der Waals surface area contributed by atoms with Crippen LogP contribution in [0.15, 0.2) is 17.3 Å². The number of carboxylic acid groups (broad SMARTS) is 1. The van der Waals surface area contributed by atoms with Gasteiger partial charge in [-0.25, -0.2) is 21.9 Å². The van der Waals surface area contributed by atoms with Gasteiger partial charge in [0.2, 0.25) is 10.0 Å². The number of aliphatic carboxylic acids is 1. The Bertz CT molecular complexity index is 544. The van der Waals surface area contributed by atoms with Crippen molar-refractivity contribution >= 4 is 16.0 Å². The van der Waals surface area contributed by atoms with E-state index < -0.39 is 41.6 Å². The minimum atomic E-state index is -4.12. The van der Waals surface area contributed by atoms with Crippen molar-refractivity contribution < 1.29 is 32.2 Å². The van der Waals surface area contributed by atoms with Crippen molar-refractivity contribution in [3.8, 4) is 0 Å². The third-order valence-corrected chi connectivity index (χ3v) is 3.37. The van der Waals surface area contributed by atoms with Crippen LogP contribution >= 0.6 is 0 Å². The highest BCUT2D eigenvalue weighted by atomic mass is 32.2. The van der Waals surface area contributed by atoms with Gasteiger partial charge in [0, 0.05) is 12.7 Å². The van der Waals surface area contributed by atoms with Crippen molar-refractivity contribution in [2.24, 2.45) is 0 Å². The van der Waals surface area contributed by atoms with Gasteiger partial charge >= 0.3 is 5.97 Å². The number of alkyl halides is 2. The number of aromatic nitrogens is 2. The Morgan fingerprint density at radius 1 is 1.53 bits per heavy atom. The molecule has 0 bridgehead atoms. The fraction of sp³-hybridized carbons (Fsp3) is 0.500. The summed E-state index contributed by atoms with van der Waals surface area (Å²) in [5.41, 5.74) is 0. The van der Waals surface area contributed by atoms with E-state index in [4.69, 9.17) is 10.2 Å². The SMILES string of the molecule is O=C(O)Cn1cc(S(=O)(=O)NCC(O)C(F)F)cn1. The minimum Gasteiger partial charge on any atom is -0.480 e. The Balaban J connectivity index is 2.72. The van der Waals surface area contributed by atoms with Gasteiger partial charge in [-0.05, 0) is 0 Å². The molecule has 0 aliphatic heterocycles. The molecular formula is C8H11F2N3O5S. The van der Waals surface area contributed by atoms with Gasteiger partial charge < -0.3 is 10.2 Å². The summed E-state index contributed by atoms with van der Waals surface area (Å²) in [6.45, 7) is -1.39. The number of hydrogen-bond donors (Lipinski definition) is 3. The molecule has 1 unspecified atom stereocenters. The molecule has 0 saturated carbocycles. The van der Waals surface area contributed by atoms with Crippen molar-refractivity contribution in [2.45, 2.75) is 24.0 Å². The van der Waals surface area contributed by atoms with E-state index in [-0.39, 0.29) is 4.90 Å². The van der Waals surface area contributed by atoms with Crippen LogP contribution in [0.25, 0.3) is 0 Å². The van der Waals surface area contributed by atoms with E-state index in [0.29, 0.717) is 0 Å². The van der Waals surface area contributed by atoms with Gasteiger partial charge in [0.15, 0.2) is 0 Å². The molecule has 0 aliphatic rings. The highest BCUT2D eigenvalue weighted by molar-refractivity contribution is 7.89. The van der Waals surface area contributed by atoms with Gasteiger partial charge in [-0.3, -0.25) is 9.48 Å². The van der Waals surface area contributed by atoms with E-state index in [0.717, 1.165) is 17.1 Å². The van der Waals surface area contributed by atoms with Gasteiger partial charge in [-0.1, -0.05) is 0 Å². The maximum Gasteiger partial charge on any atom is 0.325 e. The van der Waals surface area contributed by atoms with E-state index in [9.17, 15) is 22.0 Å². The van der Waals surface area contributed by atoms with Gasteiger partial charge in [0.25, 0.3) is 6.43 Å². The van der Waals surface area contributed by atoms with Crippen molar-refractivity contribution in [2.75, 3.05) is 6.54 Å². The van der Waals surface area contributed by atoms with Crippen LogP contribution in [0.4, 0.5) is 8.78 Å². The number of hydrogen-bond acceptors (Lipinski definition) is 5. The van der Waals surface area contributed by atoms with Crippen LogP contribution in [-0.2, 0) is 21.4 Å². The van der Waals surface area contributed by atoms with Crippen LogP contribution in [0, 0.1) is 0 Å². The second-order valence-corrected chi connectivity index (χ2v) is 5.29. The maximum absolute atomic E-state index is 12.0. The zero-order valence-electron chi connectivity index (χ0n) is 9.40. The molecule has 11 heteroatoms. The molecule has 3 N–H and O–H groups in total. The molecule has 1 aromatic rings. The van der Waals surface area contributed by atoms with Crippen LogP contribution in [0.5, 0.6) is 0 Å². The first-order chi connectivity index (χ1) is 8.72. The highest BCUT2D eigenvalue weighted by Gasteiger charge is 2.22. The molecule has 1 aromatic heterocycles. The molecule has 0 spiro atoms. The van der Waals surface area contributed by atoms with Gasteiger partial charge in [-0.2, -0.15) is 5.10 Å². The number of sulfonamides is 1. The maximum atomic E-state index is 12.0. The number of halogens is 2. The van der Waals surface area contributed by atoms with Crippen molar-refractivity contribution in [1.29, 1.82) is 0 Å². The number of carbonyl (C=O) groups is 1. The Morgan fingerprint density at radius 3 is 2.68 bits per heavy atom. The smallest absolute Gasteiger partial charge is 0.325 e. The van der Waals surface area contributed by atoms with Crippen LogP contribution in [0.2, 0.25) is 0 Å². The molecule has 1 rings (SSSR count). The topological polar surface area (TPSA) is 122 Å². The van der Waals surface area contributed by atoms with Gasteiger partial charge in [-0.15, -0.1) is 0 Å². The predicted octanol–water partition coefficient (Wildman–Crippen LogP) is -1.13. The van der Waals surface area contributed by atoms with Crippen LogP contribution in [-0.4, -0.2) is 53.5 Å². The molecule has 0 amide bonds. The summed E-state index contributed by atoms with van der Waals surface area (Å²) in [5.74, 6) is -1.21. The quantitative estimate of drug-likeness (QED) is 0.586. The van der Waals surface area contributed by atoms with E-state index in [1.165, 1.54) is 0 Å². The molecule has 0 fully saturated rings. The number of aliphatic hydroxyl groups is 1. The van der Waals surface area contributed by atoms with Crippen LogP contribution in [0.1, 0.15) is 0 Å². The molecule has 8 nitrogen and oxygen atoms in total. The van der Waals surface area contributed by atoms with Crippen molar-refractivity contribution in [3.63, 3.8) is 0 Å². The molecule has 0 saturated heterocycles. The lowest BCUT2D eigenvalue weighted by molar-refractivity contribution is -0.137. The Morgan fingerprint density at radius 2 is 2.16 bits per heavy atom. The van der Waals surface area contributed by atoms with Crippen molar-refractivity contribution in [3.05, 3.63) is 12.4 Å². The lowest BCUT2D eigenvalue weighted by Gasteiger charge is -2.09. The number of rotatable bonds is 7. The molecule has 108 valence electrons. The number of carboxylic acids is 1. The average Bonchev–Trinajstić information content (AvgIpc) is 2.74. The van der Waals surface area contributed by atoms with E-state index in [2.05, 4.69) is 5.10 Å². The third-order valence-electron chi connectivity index (χ3n) is 1.99. The largest absolute Gasteiger partial charge is 0.480 e. The molecule has 19 heavy (non-hydrogen) atoms. The molecule has 0 aliphatic carbocycles. The van der Waals surface area contributed by atoms with Gasteiger partial charge in [0.05, 0.1) is 6.20 Å². The number of nitrogens with zero attached hydrogens (tertiary/aromatic N) is 2. The minimum absolute atomic E-state index is 0.379. The predicted molar refractivity (Wildman–Crippen MR) is 57.1 cm³/mol.